The Morgan fingerprint density at radius 2 is 2.35 bits per heavy atom. The summed E-state index contributed by atoms with van der Waals surface area (Å²) in [4.78, 5) is 18.3. The molecule has 1 aromatic carbocycles. The van der Waals surface area contributed by atoms with Crippen LogP contribution in [0.5, 0.6) is 0 Å². The van der Waals surface area contributed by atoms with Crippen molar-refractivity contribution in [1.82, 2.24) is 9.97 Å². The van der Waals surface area contributed by atoms with Gasteiger partial charge in [-0.15, -0.1) is 0 Å². The quantitative estimate of drug-likeness (QED) is 0.676. The summed E-state index contributed by atoms with van der Waals surface area (Å²) in [6, 6.07) is 4.54. The van der Waals surface area contributed by atoms with Gasteiger partial charge in [-0.3, -0.25) is 0 Å². The highest BCUT2D eigenvalue weighted by Crippen LogP contribution is 2.27. The van der Waals surface area contributed by atoms with E-state index in [0.29, 0.717) is 28.1 Å². The number of nitrogens with zero attached hydrogens (tertiary/aromatic N) is 1. The normalized spacial score (nSPS) is 10.6. The number of nitrogens with one attached hydrogen (secondary N) is 1. The van der Waals surface area contributed by atoms with Gasteiger partial charge in [-0.1, -0.05) is 29.4 Å². The Morgan fingerprint density at radius 3 is 3.05 bits per heavy atom. The third-order valence-corrected chi connectivity index (χ3v) is 3.73. The van der Waals surface area contributed by atoms with Crippen LogP contribution in [-0.4, -0.2) is 22.5 Å². The minimum absolute atomic E-state index is 0.272. The number of aromatic nitrogens is 2. The average molecular weight is 315 g/mol. The highest BCUT2D eigenvalue weighted by molar-refractivity contribution is 7.98. The fraction of sp³-hybridized carbons (Fsp3) is 0.231. The molecule has 0 radical (unpaired) electrons. The zero-order valence-electron chi connectivity index (χ0n) is 10.7. The molecular formula is C13H12ClFN2O2S. The smallest absolute Gasteiger partial charge is 0.356 e. The van der Waals surface area contributed by atoms with Crippen LogP contribution in [0, 0.1) is 5.82 Å². The van der Waals surface area contributed by atoms with Gasteiger partial charge in [0.15, 0.2) is 5.16 Å². The largest absolute Gasteiger partial charge is 0.461 e. The summed E-state index contributed by atoms with van der Waals surface area (Å²) in [6.07, 6.45) is 1.39. The summed E-state index contributed by atoms with van der Waals surface area (Å²) in [5, 5.41) is 0.877. The topological polar surface area (TPSA) is 55.0 Å². The molecule has 2 rings (SSSR count). The second-order valence-corrected chi connectivity index (χ2v) is 5.18. The number of H-pyrrole nitrogens is 1. The minimum atomic E-state index is -0.462. The number of imidazole rings is 1. The van der Waals surface area contributed by atoms with Crippen LogP contribution >= 0.6 is 23.4 Å². The molecule has 20 heavy (non-hydrogen) atoms. The second-order valence-electron chi connectivity index (χ2n) is 3.81. The van der Waals surface area contributed by atoms with Gasteiger partial charge < -0.3 is 9.72 Å². The minimum Gasteiger partial charge on any atom is -0.461 e. The van der Waals surface area contributed by atoms with Crippen molar-refractivity contribution in [3.05, 3.63) is 46.5 Å². The number of ether oxygens (including phenoxy) is 1. The maximum absolute atomic E-state index is 13.6. The molecule has 0 atom stereocenters. The standard InChI is InChI=1S/C13H12ClFN2O2S/c1-2-19-12(18)11-6-16-13(17-11)20-7-8-9(14)4-3-5-10(8)15/h3-6H,2,7H2,1H3,(H,16,17). The summed E-state index contributed by atoms with van der Waals surface area (Å²) in [6.45, 7) is 2.02. The molecule has 0 fully saturated rings. The van der Waals surface area contributed by atoms with Gasteiger partial charge in [0.1, 0.15) is 11.5 Å². The van der Waals surface area contributed by atoms with Crippen molar-refractivity contribution in [1.29, 1.82) is 0 Å². The molecule has 2 aromatic rings. The summed E-state index contributed by atoms with van der Waals surface area (Å²) in [5.41, 5.74) is 0.683. The van der Waals surface area contributed by atoms with Crippen LogP contribution < -0.4 is 0 Å². The van der Waals surface area contributed by atoms with E-state index in [4.69, 9.17) is 16.3 Å². The first kappa shape index (κ1) is 14.9. The van der Waals surface area contributed by atoms with Crippen LogP contribution in [0.4, 0.5) is 4.39 Å². The lowest BCUT2D eigenvalue weighted by Gasteiger charge is -2.03. The van der Waals surface area contributed by atoms with Gasteiger partial charge >= 0.3 is 5.97 Å². The zero-order valence-corrected chi connectivity index (χ0v) is 12.2. The van der Waals surface area contributed by atoms with Gasteiger partial charge in [0, 0.05) is 16.3 Å². The Morgan fingerprint density at radius 1 is 1.55 bits per heavy atom. The molecule has 0 saturated carbocycles. The van der Waals surface area contributed by atoms with Gasteiger partial charge in [0.25, 0.3) is 0 Å². The molecule has 106 valence electrons. The van der Waals surface area contributed by atoms with Gasteiger partial charge in [-0.05, 0) is 19.1 Å². The number of halogens is 2. The molecule has 0 aliphatic rings. The first-order valence-corrected chi connectivity index (χ1v) is 7.26. The van der Waals surface area contributed by atoms with Crippen molar-refractivity contribution >= 4 is 29.3 Å². The Balaban J connectivity index is 2.03. The first-order valence-electron chi connectivity index (χ1n) is 5.89. The highest BCUT2D eigenvalue weighted by atomic mass is 35.5. The van der Waals surface area contributed by atoms with Crippen LogP contribution in [0.3, 0.4) is 0 Å². The summed E-state index contributed by atoms with van der Waals surface area (Å²) in [5.74, 6) is -0.501. The number of carbonyl (C=O) groups excluding carboxylic acids is 1. The van der Waals surface area contributed by atoms with Crippen molar-refractivity contribution in [3.8, 4) is 0 Å². The predicted octanol–water partition coefficient (Wildman–Crippen LogP) is 3.67. The van der Waals surface area contributed by atoms with Gasteiger partial charge in [0.05, 0.1) is 12.8 Å². The summed E-state index contributed by atoms with van der Waals surface area (Å²) < 4.78 is 18.4. The molecule has 0 amide bonds. The van der Waals surface area contributed by atoms with Crippen LogP contribution in [-0.2, 0) is 10.5 Å². The molecule has 7 heteroatoms. The van der Waals surface area contributed by atoms with Crippen molar-refractivity contribution < 1.29 is 13.9 Å². The summed E-state index contributed by atoms with van der Waals surface area (Å²) in [7, 11) is 0. The fourth-order valence-electron chi connectivity index (χ4n) is 1.50. The maximum Gasteiger partial charge on any atom is 0.356 e. The lowest BCUT2D eigenvalue weighted by atomic mass is 10.2. The third kappa shape index (κ3) is 3.52. The molecule has 1 heterocycles. The van der Waals surface area contributed by atoms with E-state index in [1.54, 1.807) is 19.1 Å². The van der Waals surface area contributed by atoms with Crippen LogP contribution in [0.25, 0.3) is 0 Å². The third-order valence-electron chi connectivity index (χ3n) is 2.46. The number of hydrogen-bond acceptors (Lipinski definition) is 4. The van der Waals surface area contributed by atoms with E-state index in [9.17, 15) is 9.18 Å². The number of hydrogen-bond donors (Lipinski definition) is 1. The van der Waals surface area contributed by atoms with E-state index in [2.05, 4.69) is 9.97 Å². The van der Waals surface area contributed by atoms with E-state index in [1.165, 1.54) is 24.0 Å². The number of esters is 1. The van der Waals surface area contributed by atoms with E-state index < -0.39 is 5.97 Å². The SMILES string of the molecule is CCOC(=O)c1cnc(SCc2c(F)cccc2Cl)[nH]1. The van der Waals surface area contributed by atoms with Gasteiger partial charge in [-0.2, -0.15) is 0 Å². The van der Waals surface area contributed by atoms with Crippen molar-refractivity contribution in [3.63, 3.8) is 0 Å². The zero-order chi connectivity index (χ0) is 14.5. The number of thioether (sulfide) groups is 1. The molecule has 0 unspecified atom stereocenters. The molecule has 0 aliphatic heterocycles. The van der Waals surface area contributed by atoms with E-state index in [-0.39, 0.29) is 11.5 Å². The number of aromatic amines is 1. The van der Waals surface area contributed by atoms with E-state index in [1.807, 2.05) is 0 Å². The predicted molar refractivity (Wildman–Crippen MR) is 75.5 cm³/mol. The van der Waals surface area contributed by atoms with Crippen LogP contribution in [0.15, 0.2) is 29.6 Å². The molecule has 1 N–H and O–H groups in total. The fourth-order valence-corrected chi connectivity index (χ4v) is 2.69. The van der Waals surface area contributed by atoms with E-state index >= 15 is 0 Å². The molecule has 1 aromatic heterocycles. The van der Waals surface area contributed by atoms with Crippen molar-refractivity contribution in [2.24, 2.45) is 0 Å². The average Bonchev–Trinajstić information content (AvgIpc) is 2.87. The van der Waals surface area contributed by atoms with Gasteiger partial charge in [-0.25, -0.2) is 14.2 Å². The molecular weight excluding hydrogens is 303 g/mol. The van der Waals surface area contributed by atoms with Crippen molar-refractivity contribution in [2.45, 2.75) is 17.8 Å². The highest BCUT2D eigenvalue weighted by Gasteiger charge is 2.12. The Hall–Kier alpha value is -1.53. The lowest BCUT2D eigenvalue weighted by molar-refractivity contribution is 0.0519. The Labute approximate surface area is 124 Å². The second kappa shape index (κ2) is 6.76. The van der Waals surface area contributed by atoms with Crippen LogP contribution in [0.1, 0.15) is 23.0 Å². The molecule has 0 saturated heterocycles. The molecule has 0 bridgehead atoms. The van der Waals surface area contributed by atoms with Crippen LogP contribution in [0.2, 0.25) is 5.02 Å². The monoisotopic (exact) mass is 314 g/mol. The Bertz CT molecular complexity index is 598. The first-order chi connectivity index (χ1) is 9.61. The molecule has 0 aliphatic carbocycles. The summed E-state index contributed by atoms with van der Waals surface area (Å²) >= 11 is 7.19. The lowest BCUT2D eigenvalue weighted by Crippen LogP contribution is -2.04. The number of carbonyl (C=O) groups is 1. The van der Waals surface area contributed by atoms with E-state index in [0.717, 1.165) is 0 Å². The maximum atomic E-state index is 13.6. The number of benzene rings is 1. The van der Waals surface area contributed by atoms with Gasteiger partial charge in [0.2, 0.25) is 0 Å². The molecule has 4 nitrogen and oxygen atoms in total. The molecule has 0 spiro atoms. The number of rotatable bonds is 5. The van der Waals surface area contributed by atoms with Crippen molar-refractivity contribution in [2.75, 3.05) is 6.61 Å². The Kier molecular flexibility index (Phi) is 5.03.